The Bertz CT molecular complexity index is 10.8. The Morgan fingerprint density at radius 3 is 0.667 bits per heavy atom. The van der Waals surface area contributed by atoms with Crippen molar-refractivity contribution in [3.05, 3.63) is 0 Å². The average molecular weight is 224 g/mol. The van der Waals surface area contributed by atoms with Crippen LogP contribution in [0.4, 0.5) is 0 Å². The summed E-state index contributed by atoms with van der Waals surface area (Å²) >= 11 is 0. The zero-order valence-electron chi connectivity index (χ0n) is 2.66. The van der Waals surface area contributed by atoms with Crippen molar-refractivity contribution < 1.29 is 70.0 Å². The van der Waals surface area contributed by atoms with E-state index in [2.05, 4.69) is 0 Å². The van der Waals surface area contributed by atoms with Crippen molar-refractivity contribution in [2.75, 3.05) is 0 Å². The first-order valence-electron chi connectivity index (χ1n) is 0. The molecule has 0 rings (SSSR count). The molecule has 0 unspecified atom stereocenters. The molecule has 0 N–H and O–H groups in total. The van der Waals surface area contributed by atoms with E-state index in [4.69, 9.17) is 0 Å². The van der Waals surface area contributed by atoms with E-state index in [1.54, 1.807) is 0 Å². The molecule has 0 heterocycles. The standard InChI is InChI=1S/Fe.Mn.3O.Zn/q2*+2;3*-2;+2. The van der Waals surface area contributed by atoms with Gasteiger partial charge in [-0.25, -0.2) is 0 Å². The van der Waals surface area contributed by atoms with Crippen LogP contribution in [0.3, 0.4) is 0 Å². The van der Waals surface area contributed by atoms with Gasteiger partial charge >= 0.3 is 53.6 Å². The topological polar surface area (TPSA) is 85.5 Å². The largest absolute Gasteiger partial charge is 2.00 e. The van der Waals surface area contributed by atoms with Crippen molar-refractivity contribution in [2.24, 2.45) is 0 Å². The molecule has 0 aliphatic heterocycles. The van der Waals surface area contributed by atoms with Crippen LogP contribution >= 0.6 is 0 Å². The molecule has 0 aromatic carbocycles. The molecule has 1 radical (unpaired) electrons. The zero-order chi connectivity index (χ0) is 0. The number of rotatable bonds is 0. The van der Waals surface area contributed by atoms with E-state index >= 15 is 0 Å². The predicted octanol–water partition coefficient (Wildman–Crippen LogP) is -0.364. The summed E-state index contributed by atoms with van der Waals surface area (Å²) in [4.78, 5) is 0. The van der Waals surface area contributed by atoms with Gasteiger partial charge in [0, 0.05) is 0 Å². The van der Waals surface area contributed by atoms with E-state index in [1.165, 1.54) is 0 Å². The summed E-state index contributed by atoms with van der Waals surface area (Å²) in [6.07, 6.45) is 0. The summed E-state index contributed by atoms with van der Waals surface area (Å²) in [6.45, 7) is 0. The summed E-state index contributed by atoms with van der Waals surface area (Å²) in [6, 6.07) is 0. The van der Waals surface area contributed by atoms with Crippen molar-refractivity contribution in [2.45, 2.75) is 0 Å². The molecule has 6 heteroatoms. The van der Waals surface area contributed by atoms with Crippen molar-refractivity contribution in [3.8, 4) is 0 Å². The Labute approximate surface area is 69.9 Å². The Morgan fingerprint density at radius 1 is 0.667 bits per heavy atom. The molecular weight excluding hydrogens is 224 g/mol. The molecule has 0 aliphatic carbocycles. The number of hydrogen-bond donors (Lipinski definition) is 0. The Kier molecular flexibility index (Phi) is 1910. The van der Waals surface area contributed by atoms with Crippen LogP contribution in [-0.4, -0.2) is 0 Å². The van der Waals surface area contributed by atoms with Gasteiger partial charge in [0.2, 0.25) is 0 Å². The first-order chi connectivity index (χ1) is 0. The van der Waals surface area contributed by atoms with Gasteiger partial charge in [-0.05, 0) is 0 Å². The van der Waals surface area contributed by atoms with Crippen LogP contribution in [0.5, 0.6) is 0 Å². The maximum Gasteiger partial charge on any atom is 2.00 e. The molecule has 0 fully saturated rings. The fourth-order valence-corrected chi connectivity index (χ4v) is 0. The molecule has 0 bridgehead atoms. The molecule has 3 nitrogen and oxygen atoms in total. The van der Waals surface area contributed by atoms with Crippen LogP contribution in [0.1, 0.15) is 0 Å². The minimum Gasteiger partial charge on any atom is -2.00 e. The minimum absolute atomic E-state index is 0. The molecular formula is FeMnO3Zn. The smallest absolute Gasteiger partial charge is 2.00 e. The van der Waals surface area contributed by atoms with Crippen LogP contribution in [0, 0.1) is 0 Å². The van der Waals surface area contributed by atoms with E-state index in [1.807, 2.05) is 0 Å². The summed E-state index contributed by atoms with van der Waals surface area (Å²) in [5.74, 6) is 0. The molecule has 35 valence electrons. The van der Waals surface area contributed by atoms with Crippen LogP contribution < -0.4 is 0 Å². The average Bonchev–Trinajstić information content (AvgIpc) is 0. The zero-order valence-corrected chi connectivity index (χ0v) is 7.92. The summed E-state index contributed by atoms with van der Waals surface area (Å²) in [5, 5.41) is 0. The van der Waals surface area contributed by atoms with Crippen molar-refractivity contribution in [1.82, 2.24) is 0 Å². The monoisotopic (exact) mass is 223 g/mol. The fourth-order valence-electron chi connectivity index (χ4n) is 0. The van der Waals surface area contributed by atoms with Gasteiger partial charge < -0.3 is 16.4 Å². The Hall–Kier alpha value is 1.54. The van der Waals surface area contributed by atoms with Crippen molar-refractivity contribution >= 4 is 0 Å². The van der Waals surface area contributed by atoms with Gasteiger partial charge in [-0.15, -0.1) is 0 Å². The third-order valence-electron chi connectivity index (χ3n) is 0. The molecule has 0 aromatic heterocycles. The molecule has 0 saturated heterocycles. The third-order valence-corrected chi connectivity index (χ3v) is 0. The maximum absolute atomic E-state index is 0. The fraction of sp³-hybridized carbons (Fsp3) is 0. The molecule has 0 amide bonds. The van der Waals surface area contributed by atoms with Gasteiger partial charge in [0.15, 0.2) is 0 Å². The van der Waals surface area contributed by atoms with Gasteiger partial charge in [-0.1, -0.05) is 0 Å². The maximum atomic E-state index is 0. The van der Waals surface area contributed by atoms with Gasteiger partial charge in [0.25, 0.3) is 0 Å². The van der Waals surface area contributed by atoms with Crippen LogP contribution in [0.25, 0.3) is 0 Å². The van der Waals surface area contributed by atoms with E-state index in [0.717, 1.165) is 0 Å². The Morgan fingerprint density at radius 2 is 0.667 bits per heavy atom. The van der Waals surface area contributed by atoms with E-state index in [9.17, 15) is 0 Å². The predicted molar refractivity (Wildman–Crippen MR) is 2.06 cm³/mol. The molecule has 0 aliphatic rings. The second-order valence-electron chi connectivity index (χ2n) is 0. The van der Waals surface area contributed by atoms with Crippen molar-refractivity contribution in [1.29, 1.82) is 0 Å². The van der Waals surface area contributed by atoms with E-state index in [0.29, 0.717) is 0 Å². The summed E-state index contributed by atoms with van der Waals surface area (Å²) < 4.78 is 0. The van der Waals surface area contributed by atoms with Crippen LogP contribution in [0.2, 0.25) is 0 Å². The normalized spacial score (nSPS) is 0. The summed E-state index contributed by atoms with van der Waals surface area (Å²) in [5.41, 5.74) is 0. The quantitative estimate of drug-likeness (QED) is 0.503. The van der Waals surface area contributed by atoms with Gasteiger partial charge in [0.1, 0.15) is 0 Å². The molecule has 0 saturated carbocycles. The summed E-state index contributed by atoms with van der Waals surface area (Å²) in [7, 11) is 0. The molecule has 0 spiro atoms. The molecule has 0 atom stereocenters. The second-order valence-corrected chi connectivity index (χ2v) is 0. The van der Waals surface area contributed by atoms with Crippen molar-refractivity contribution in [3.63, 3.8) is 0 Å². The van der Waals surface area contributed by atoms with E-state index < -0.39 is 0 Å². The first-order valence-corrected chi connectivity index (χ1v) is 0. The van der Waals surface area contributed by atoms with Crippen LogP contribution in [-0.2, 0) is 70.0 Å². The minimum atomic E-state index is 0. The first kappa shape index (κ1) is 136. The van der Waals surface area contributed by atoms with E-state index in [-0.39, 0.29) is 70.0 Å². The number of hydrogen-bond acceptors (Lipinski definition) is 0. The van der Waals surface area contributed by atoms with Crippen LogP contribution in [0.15, 0.2) is 0 Å². The molecule has 6 heavy (non-hydrogen) atoms. The van der Waals surface area contributed by atoms with Gasteiger partial charge in [-0.3, -0.25) is 0 Å². The third kappa shape index (κ3) is 48.1. The molecule has 0 aromatic rings. The SMILES string of the molecule is [Fe+2].[Mn+2].[O-2].[O-2].[O-2].[Zn+2]. The van der Waals surface area contributed by atoms with Gasteiger partial charge in [-0.2, -0.15) is 0 Å². The Balaban J connectivity index is 0. The van der Waals surface area contributed by atoms with Gasteiger partial charge in [0.05, 0.1) is 0 Å². The second kappa shape index (κ2) is 84.5.